The van der Waals surface area contributed by atoms with Crippen LogP contribution in [0.1, 0.15) is 26.7 Å². The van der Waals surface area contributed by atoms with Gasteiger partial charge in [-0.3, -0.25) is 10.1 Å². The molecular formula is C12H17FN2O4S. The second-order valence-corrected chi connectivity index (χ2v) is 6.16. The Kier molecular flexibility index (Phi) is 5.58. The number of sulfonamides is 1. The summed E-state index contributed by atoms with van der Waals surface area (Å²) in [6.45, 7) is 4.23. The number of nitro benzene ring substituents is 1. The van der Waals surface area contributed by atoms with Gasteiger partial charge >= 0.3 is 5.69 Å². The monoisotopic (exact) mass is 304 g/mol. The number of hydrogen-bond donors (Lipinski definition) is 0. The fourth-order valence-electron chi connectivity index (χ4n) is 1.73. The van der Waals surface area contributed by atoms with Gasteiger partial charge in [-0.25, -0.2) is 8.42 Å². The molecular weight excluding hydrogens is 287 g/mol. The van der Waals surface area contributed by atoms with Gasteiger partial charge in [0.2, 0.25) is 15.8 Å². The SMILES string of the molecule is CCCCN(CC)S(=O)(=O)c1ccc([N+](=O)[O-])c(F)c1. The normalized spacial score (nSPS) is 11.8. The lowest BCUT2D eigenvalue weighted by Crippen LogP contribution is -2.31. The van der Waals surface area contributed by atoms with Crippen molar-refractivity contribution in [3.63, 3.8) is 0 Å². The molecule has 0 radical (unpaired) electrons. The second-order valence-electron chi connectivity index (χ2n) is 4.22. The zero-order valence-corrected chi connectivity index (χ0v) is 12.2. The maximum absolute atomic E-state index is 13.5. The summed E-state index contributed by atoms with van der Waals surface area (Å²) < 4.78 is 39.3. The van der Waals surface area contributed by atoms with E-state index in [0.29, 0.717) is 19.0 Å². The highest BCUT2D eigenvalue weighted by Crippen LogP contribution is 2.23. The number of nitrogens with zero attached hydrogens (tertiary/aromatic N) is 2. The zero-order chi connectivity index (χ0) is 15.3. The van der Waals surface area contributed by atoms with E-state index in [1.807, 2.05) is 6.92 Å². The Labute approximate surface area is 117 Å². The number of benzene rings is 1. The van der Waals surface area contributed by atoms with Gasteiger partial charge in [0.1, 0.15) is 0 Å². The number of nitro groups is 1. The second kappa shape index (κ2) is 6.76. The van der Waals surface area contributed by atoms with Crippen molar-refractivity contribution in [3.8, 4) is 0 Å². The molecule has 1 rings (SSSR count). The average molecular weight is 304 g/mol. The fourth-order valence-corrected chi connectivity index (χ4v) is 3.23. The van der Waals surface area contributed by atoms with E-state index in [4.69, 9.17) is 0 Å². The summed E-state index contributed by atoms with van der Waals surface area (Å²) >= 11 is 0. The molecule has 0 aromatic heterocycles. The summed E-state index contributed by atoms with van der Waals surface area (Å²) in [6, 6.07) is 2.63. The molecule has 1 aromatic carbocycles. The molecule has 8 heteroatoms. The standard InChI is InChI=1S/C12H17FN2O4S/c1-3-5-8-14(4-2)20(18,19)10-6-7-12(15(16)17)11(13)9-10/h6-7,9H,3-5,8H2,1-2H3. The van der Waals surface area contributed by atoms with Gasteiger partial charge in [-0.05, 0) is 12.5 Å². The minimum absolute atomic E-state index is 0.265. The molecule has 0 bridgehead atoms. The van der Waals surface area contributed by atoms with Crippen LogP contribution in [-0.4, -0.2) is 30.7 Å². The Hall–Kier alpha value is -1.54. The first-order valence-electron chi connectivity index (χ1n) is 6.28. The first kappa shape index (κ1) is 16.5. The third-order valence-corrected chi connectivity index (χ3v) is 4.84. The summed E-state index contributed by atoms with van der Waals surface area (Å²) in [7, 11) is -3.82. The lowest BCUT2D eigenvalue weighted by Gasteiger charge is -2.20. The van der Waals surface area contributed by atoms with Gasteiger partial charge in [-0.1, -0.05) is 20.3 Å². The van der Waals surface area contributed by atoms with Gasteiger partial charge in [-0.2, -0.15) is 8.70 Å². The highest BCUT2D eigenvalue weighted by atomic mass is 32.2. The van der Waals surface area contributed by atoms with E-state index < -0.39 is 26.5 Å². The topological polar surface area (TPSA) is 80.5 Å². The number of unbranched alkanes of at least 4 members (excludes halogenated alkanes) is 1. The van der Waals surface area contributed by atoms with Gasteiger partial charge in [0.25, 0.3) is 0 Å². The Morgan fingerprint density at radius 3 is 2.45 bits per heavy atom. The van der Waals surface area contributed by atoms with Crippen LogP contribution in [0.25, 0.3) is 0 Å². The minimum atomic E-state index is -3.82. The number of hydrogen-bond acceptors (Lipinski definition) is 4. The van der Waals surface area contributed by atoms with Gasteiger partial charge in [0.05, 0.1) is 9.82 Å². The highest BCUT2D eigenvalue weighted by Gasteiger charge is 2.25. The van der Waals surface area contributed by atoms with Crippen molar-refractivity contribution in [2.45, 2.75) is 31.6 Å². The molecule has 0 unspecified atom stereocenters. The van der Waals surface area contributed by atoms with E-state index in [1.165, 1.54) is 4.31 Å². The van der Waals surface area contributed by atoms with Gasteiger partial charge < -0.3 is 0 Å². The molecule has 0 heterocycles. The van der Waals surface area contributed by atoms with Crippen LogP contribution < -0.4 is 0 Å². The quantitative estimate of drug-likeness (QED) is 0.572. The first-order chi connectivity index (χ1) is 9.34. The highest BCUT2D eigenvalue weighted by molar-refractivity contribution is 7.89. The van der Waals surface area contributed by atoms with Crippen molar-refractivity contribution in [2.24, 2.45) is 0 Å². The van der Waals surface area contributed by atoms with Crippen LogP contribution >= 0.6 is 0 Å². The largest absolute Gasteiger partial charge is 0.304 e. The molecule has 0 saturated heterocycles. The van der Waals surface area contributed by atoms with Crippen molar-refractivity contribution < 1.29 is 17.7 Å². The Bertz CT molecular complexity index is 589. The first-order valence-corrected chi connectivity index (χ1v) is 7.72. The summed E-state index contributed by atoms with van der Waals surface area (Å²) in [5, 5.41) is 10.5. The van der Waals surface area contributed by atoms with Crippen molar-refractivity contribution in [2.75, 3.05) is 13.1 Å². The molecule has 0 amide bonds. The third kappa shape index (κ3) is 3.51. The lowest BCUT2D eigenvalue weighted by molar-refractivity contribution is -0.387. The molecule has 6 nitrogen and oxygen atoms in total. The van der Waals surface area contributed by atoms with E-state index in [2.05, 4.69) is 0 Å². The number of rotatable bonds is 7. The van der Waals surface area contributed by atoms with Crippen LogP contribution in [0.4, 0.5) is 10.1 Å². The molecule has 0 aliphatic rings. The molecule has 0 aliphatic heterocycles. The maximum atomic E-state index is 13.5. The van der Waals surface area contributed by atoms with E-state index in [9.17, 15) is 22.9 Å². The summed E-state index contributed by atoms with van der Waals surface area (Å²) in [4.78, 5) is 9.37. The van der Waals surface area contributed by atoms with Crippen LogP contribution in [-0.2, 0) is 10.0 Å². The fraction of sp³-hybridized carbons (Fsp3) is 0.500. The van der Waals surface area contributed by atoms with Crippen LogP contribution in [0.3, 0.4) is 0 Å². The van der Waals surface area contributed by atoms with Crippen molar-refractivity contribution >= 4 is 15.7 Å². The van der Waals surface area contributed by atoms with Gasteiger partial charge in [0.15, 0.2) is 0 Å². The van der Waals surface area contributed by atoms with Crippen LogP contribution in [0.5, 0.6) is 0 Å². The molecule has 0 fully saturated rings. The molecule has 0 atom stereocenters. The van der Waals surface area contributed by atoms with Gasteiger partial charge in [0, 0.05) is 25.2 Å². The van der Waals surface area contributed by atoms with Crippen LogP contribution in [0.15, 0.2) is 23.1 Å². The predicted octanol–water partition coefficient (Wildman–Crippen LogP) is 2.54. The number of halogens is 1. The lowest BCUT2D eigenvalue weighted by atomic mass is 10.3. The molecule has 0 N–H and O–H groups in total. The van der Waals surface area contributed by atoms with E-state index in [1.54, 1.807) is 6.92 Å². The summed E-state index contributed by atoms with van der Waals surface area (Å²) in [5.74, 6) is -1.15. The van der Waals surface area contributed by atoms with E-state index in [-0.39, 0.29) is 11.4 Å². The summed E-state index contributed by atoms with van der Waals surface area (Å²) in [6.07, 6.45) is 1.53. The minimum Gasteiger partial charge on any atom is -0.258 e. The van der Waals surface area contributed by atoms with Crippen LogP contribution in [0.2, 0.25) is 0 Å². The molecule has 0 saturated carbocycles. The molecule has 1 aromatic rings. The van der Waals surface area contributed by atoms with E-state index >= 15 is 0 Å². The Morgan fingerprint density at radius 2 is 2.00 bits per heavy atom. The maximum Gasteiger partial charge on any atom is 0.304 e. The Balaban J connectivity index is 3.15. The average Bonchev–Trinajstić information content (AvgIpc) is 2.38. The van der Waals surface area contributed by atoms with Gasteiger partial charge in [-0.15, -0.1) is 0 Å². The molecule has 0 spiro atoms. The van der Waals surface area contributed by atoms with Crippen molar-refractivity contribution in [3.05, 3.63) is 34.1 Å². The molecule has 112 valence electrons. The van der Waals surface area contributed by atoms with Crippen molar-refractivity contribution in [1.29, 1.82) is 0 Å². The van der Waals surface area contributed by atoms with Crippen LogP contribution in [0, 0.1) is 15.9 Å². The zero-order valence-electron chi connectivity index (χ0n) is 11.4. The van der Waals surface area contributed by atoms with E-state index in [0.717, 1.165) is 18.6 Å². The summed E-state index contributed by atoms with van der Waals surface area (Å²) in [5.41, 5.74) is -0.736. The smallest absolute Gasteiger partial charge is 0.258 e. The molecule has 20 heavy (non-hydrogen) atoms. The third-order valence-electron chi connectivity index (χ3n) is 2.87. The molecule has 0 aliphatic carbocycles. The van der Waals surface area contributed by atoms with Crippen molar-refractivity contribution in [1.82, 2.24) is 4.31 Å². The predicted molar refractivity (Wildman–Crippen MR) is 72.4 cm³/mol. The Morgan fingerprint density at radius 1 is 1.35 bits per heavy atom.